The van der Waals surface area contributed by atoms with Crippen LogP contribution in [0.25, 0.3) is 5.69 Å². The van der Waals surface area contributed by atoms with Crippen LogP contribution in [0.15, 0.2) is 30.7 Å². The number of halogens is 2. The predicted molar refractivity (Wildman–Crippen MR) is 70.7 cm³/mol. The molecule has 1 aliphatic carbocycles. The van der Waals surface area contributed by atoms with E-state index in [0.717, 1.165) is 11.4 Å². The first-order valence-electron chi connectivity index (χ1n) is 5.69. The van der Waals surface area contributed by atoms with Gasteiger partial charge in [0.05, 0.1) is 22.7 Å². The van der Waals surface area contributed by atoms with Gasteiger partial charge in [0.1, 0.15) is 0 Å². The summed E-state index contributed by atoms with van der Waals surface area (Å²) in [6, 6.07) is 4.96. The monoisotopic (exact) mass is 280 g/mol. The molecule has 1 aromatic carbocycles. The highest BCUT2D eigenvalue weighted by Crippen LogP contribution is 2.39. The van der Waals surface area contributed by atoms with Crippen LogP contribution in [-0.4, -0.2) is 14.8 Å². The lowest BCUT2D eigenvalue weighted by Crippen LogP contribution is -1.96. The molecular formula is C13H10Cl2N2O. The summed E-state index contributed by atoms with van der Waals surface area (Å²) in [5.41, 5.74) is 2.23. The van der Waals surface area contributed by atoms with Gasteiger partial charge >= 0.3 is 0 Å². The molecule has 0 atom stereocenters. The molecule has 0 N–H and O–H groups in total. The molecule has 0 bridgehead atoms. The molecule has 5 heteroatoms. The molecular weight excluding hydrogens is 271 g/mol. The van der Waals surface area contributed by atoms with Gasteiger partial charge in [-0.1, -0.05) is 11.6 Å². The Morgan fingerprint density at radius 3 is 2.83 bits per heavy atom. The number of aromatic nitrogens is 2. The van der Waals surface area contributed by atoms with Crippen LogP contribution in [0.4, 0.5) is 0 Å². The van der Waals surface area contributed by atoms with Crippen molar-refractivity contribution in [2.45, 2.75) is 18.8 Å². The van der Waals surface area contributed by atoms with Crippen LogP contribution in [0.1, 0.15) is 34.8 Å². The Morgan fingerprint density at radius 2 is 2.17 bits per heavy atom. The number of imidazole rings is 1. The van der Waals surface area contributed by atoms with E-state index < -0.39 is 5.24 Å². The van der Waals surface area contributed by atoms with Gasteiger partial charge in [0.25, 0.3) is 5.24 Å². The Labute approximate surface area is 114 Å². The van der Waals surface area contributed by atoms with Crippen molar-refractivity contribution >= 4 is 28.4 Å². The summed E-state index contributed by atoms with van der Waals surface area (Å²) in [6.45, 7) is 0. The van der Waals surface area contributed by atoms with E-state index in [9.17, 15) is 4.79 Å². The van der Waals surface area contributed by atoms with Crippen molar-refractivity contribution in [1.29, 1.82) is 0 Å². The standard InChI is InChI=1S/C13H10Cl2N2O/c14-10-4-3-9(13(15)18)5-12(10)17-6-11(16-7-17)8-1-2-8/h3-8H,1-2H2. The largest absolute Gasteiger partial charge is 0.304 e. The zero-order valence-electron chi connectivity index (χ0n) is 9.44. The van der Waals surface area contributed by atoms with Crippen molar-refractivity contribution in [2.75, 3.05) is 0 Å². The Kier molecular flexibility index (Phi) is 2.88. The highest BCUT2D eigenvalue weighted by Gasteiger charge is 2.26. The van der Waals surface area contributed by atoms with Crippen LogP contribution in [-0.2, 0) is 0 Å². The average molecular weight is 281 g/mol. The van der Waals surface area contributed by atoms with Gasteiger partial charge in [-0.15, -0.1) is 0 Å². The van der Waals surface area contributed by atoms with Crippen molar-refractivity contribution in [3.05, 3.63) is 47.0 Å². The fourth-order valence-electron chi connectivity index (χ4n) is 1.89. The third kappa shape index (κ3) is 2.16. The fourth-order valence-corrected chi connectivity index (χ4v) is 2.23. The minimum absolute atomic E-state index is 0.428. The van der Waals surface area contributed by atoms with Crippen molar-refractivity contribution in [3.8, 4) is 5.69 Å². The molecule has 1 aliphatic rings. The van der Waals surface area contributed by atoms with Gasteiger partial charge in [0.2, 0.25) is 0 Å². The van der Waals surface area contributed by atoms with Crippen LogP contribution in [0.5, 0.6) is 0 Å². The molecule has 1 saturated carbocycles. The molecule has 0 amide bonds. The number of hydrogen-bond acceptors (Lipinski definition) is 2. The molecule has 1 fully saturated rings. The second-order valence-corrected chi connectivity index (χ2v) is 5.17. The van der Waals surface area contributed by atoms with Gasteiger partial charge in [-0.3, -0.25) is 4.79 Å². The van der Waals surface area contributed by atoms with E-state index in [1.165, 1.54) is 12.8 Å². The molecule has 3 nitrogen and oxygen atoms in total. The number of hydrogen-bond donors (Lipinski definition) is 0. The van der Waals surface area contributed by atoms with Gasteiger partial charge in [0, 0.05) is 17.7 Å². The molecule has 0 aliphatic heterocycles. The number of rotatable bonds is 3. The van der Waals surface area contributed by atoms with E-state index in [-0.39, 0.29) is 0 Å². The topological polar surface area (TPSA) is 34.9 Å². The van der Waals surface area contributed by atoms with Crippen LogP contribution >= 0.6 is 23.2 Å². The minimum Gasteiger partial charge on any atom is -0.304 e. The molecule has 1 aromatic heterocycles. The summed E-state index contributed by atoms with van der Waals surface area (Å²) in [5.74, 6) is 0.586. The second kappa shape index (κ2) is 4.41. The molecule has 0 spiro atoms. The average Bonchev–Trinajstić information content (AvgIpc) is 3.08. The lowest BCUT2D eigenvalue weighted by Gasteiger charge is -2.06. The molecule has 0 saturated heterocycles. The number of carbonyl (C=O) groups is 1. The lowest BCUT2D eigenvalue weighted by molar-refractivity contribution is 0.108. The lowest BCUT2D eigenvalue weighted by atomic mass is 10.2. The maximum Gasteiger partial charge on any atom is 0.252 e. The van der Waals surface area contributed by atoms with Crippen LogP contribution in [0, 0.1) is 0 Å². The van der Waals surface area contributed by atoms with E-state index in [0.29, 0.717) is 16.5 Å². The summed E-state index contributed by atoms with van der Waals surface area (Å²) >= 11 is 11.6. The third-order valence-electron chi connectivity index (χ3n) is 3.05. The maximum atomic E-state index is 11.2. The Hall–Kier alpha value is -1.32. The van der Waals surface area contributed by atoms with Gasteiger partial charge in [-0.05, 0) is 42.6 Å². The van der Waals surface area contributed by atoms with Crippen LogP contribution in [0.2, 0.25) is 5.02 Å². The summed E-state index contributed by atoms with van der Waals surface area (Å²) in [5, 5.41) is 0.0758. The number of nitrogens with zero attached hydrogens (tertiary/aromatic N) is 2. The maximum absolute atomic E-state index is 11.2. The van der Waals surface area contributed by atoms with Gasteiger partial charge < -0.3 is 4.57 Å². The Morgan fingerprint density at radius 1 is 1.39 bits per heavy atom. The molecule has 3 rings (SSSR count). The van der Waals surface area contributed by atoms with Crippen LogP contribution < -0.4 is 0 Å². The summed E-state index contributed by atoms with van der Waals surface area (Å²) in [7, 11) is 0. The smallest absolute Gasteiger partial charge is 0.252 e. The molecule has 92 valence electrons. The second-order valence-electron chi connectivity index (χ2n) is 4.42. The van der Waals surface area contributed by atoms with Crippen molar-refractivity contribution in [1.82, 2.24) is 9.55 Å². The summed E-state index contributed by atoms with van der Waals surface area (Å²) < 4.78 is 1.83. The highest BCUT2D eigenvalue weighted by atomic mass is 35.5. The zero-order valence-corrected chi connectivity index (χ0v) is 10.9. The molecule has 0 radical (unpaired) electrons. The van der Waals surface area contributed by atoms with Gasteiger partial charge in [-0.25, -0.2) is 4.98 Å². The van der Waals surface area contributed by atoms with Gasteiger partial charge in [-0.2, -0.15) is 0 Å². The van der Waals surface area contributed by atoms with Gasteiger partial charge in [0.15, 0.2) is 0 Å². The molecule has 0 unspecified atom stereocenters. The number of benzene rings is 1. The first-order valence-corrected chi connectivity index (χ1v) is 6.44. The molecule has 1 heterocycles. The quantitative estimate of drug-likeness (QED) is 0.802. The molecule has 2 aromatic rings. The SMILES string of the molecule is O=C(Cl)c1ccc(Cl)c(-n2cnc(C3CC3)c2)c1. The fraction of sp³-hybridized carbons (Fsp3) is 0.231. The zero-order chi connectivity index (χ0) is 12.7. The Balaban J connectivity index is 2.03. The Bertz CT molecular complexity index is 617. The first-order chi connectivity index (χ1) is 8.65. The van der Waals surface area contributed by atoms with E-state index >= 15 is 0 Å². The van der Waals surface area contributed by atoms with Crippen molar-refractivity contribution in [2.24, 2.45) is 0 Å². The third-order valence-corrected chi connectivity index (χ3v) is 3.59. The predicted octanol–water partition coefficient (Wildman–Crippen LogP) is 3.78. The first kappa shape index (κ1) is 11.8. The summed E-state index contributed by atoms with van der Waals surface area (Å²) in [4.78, 5) is 15.5. The van der Waals surface area contributed by atoms with E-state index in [4.69, 9.17) is 23.2 Å². The summed E-state index contributed by atoms with van der Waals surface area (Å²) in [6.07, 6.45) is 6.08. The minimum atomic E-state index is -0.490. The van der Waals surface area contributed by atoms with Crippen molar-refractivity contribution < 1.29 is 4.79 Å². The number of carbonyl (C=O) groups excluding carboxylic acids is 1. The molecule has 18 heavy (non-hydrogen) atoms. The van der Waals surface area contributed by atoms with E-state index in [1.807, 2.05) is 10.8 Å². The normalized spacial score (nSPS) is 14.8. The van der Waals surface area contributed by atoms with E-state index in [2.05, 4.69) is 4.98 Å². The van der Waals surface area contributed by atoms with Crippen LogP contribution in [0.3, 0.4) is 0 Å². The highest BCUT2D eigenvalue weighted by molar-refractivity contribution is 6.67. The van der Waals surface area contributed by atoms with E-state index in [1.54, 1.807) is 24.5 Å². The van der Waals surface area contributed by atoms with Crippen molar-refractivity contribution in [3.63, 3.8) is 0 Å².